The van der Waals surface area contributed by atoms with Crippen molar-refractivity contribution >= 4 is 6.08 Å². The number of aromatic hydroxyl groups is 3. The molecule has 6 unspecified atom stereocenters. The SMILES string of the molecule is COc1cc(C2Oc3cc(O)cc(O)c3C=C2OC2OC(C)C(O)C(O)C2O)cc(OC)c1O. The summed E-state index contributed by atoms with van der Waals surface area (Å²) in [6, 6.07) is 5.38. The molecule has 0 amide bonds. The van der Waals surface area contributed by atoms with Crippen molar-refractivity contribution < 1.29 is 54.3 Å². The van der Waals surface area contributed by atoms with Gasteiger partial charge in [0, 0.05) is 17.7 Å². The molecule has 6 atom stereocenters. The molecule has 0 radical (unpaired) electrons. The molecule has 2 aliphatic heterocycles. The van der Waals surface area contributed by atoms with Crippen LogP contribution in [0.2, 0.25) is 0 Å². The van der Waals surface area contributed by atoms with Crippen LogP contribution in [0.3, 0.4) is 0 Å². The molecule has 0 spiro atoms. The summed E-state index contributed by atoms with van der Waals surface area (Å²) in [5, 5.41) is 61.0. The molecule has 1 saturated heterocycles. The van der Waals surface area contributed by atoms with Gasteiger partial charge in [0.25, 0.3) is 0 Å². The van der Waals surface area contributed by atoms with Crippen LogP contribution in [0.15, 0.2) is 30.0 Å². The maximum absolute atomic E-state index is 10.4. The number of phenolic OH excluding ortho intramolecular Hbond substituents is 3. The highest BCUT2D eigenvalue weighted by Gasteiger charge is 2.44. The number of phenols is 3. The van der Waals surface area contributed by atoms with Gasteiger partial charge in [-0.3, -0.25) is 0 Å². The number of methoxy groups -OCH3 is 2. The van der Waals surface area contributed by atoms with Crippen LogP contribution in [-0.2, 0) is 9.47 Å². The van der Waals surface area contributed by atoms with E-state index < -0.39 is 36.8 Å². The first kappa shape index (κ1) is 23.8. The van der Waals surface area contributed by atoms with Crippen molar-refractivity contribution in [3.05, 3.63) is 41.2 Å². The van der Waals surface area contributed by atoms with Crippen molar-refractivity contribution in [1.82, 2.24) is 0 Å². The highest BCUT2D eigenvalue weighted by Crippen LogP contribution is 2.47. The quantitative estimate of drug-likeness (QED) is 0.365. The molecule has 6 N–H and O–H groups in total. The minimum Gasteiger partial charge on any atom is -0.508 e. The molecule has 11 nitrogen and oxygen atoms in total. The van der Waals surface area contributed by atoms with Gasteiger partial charge in [-0.15, -0.1) is 0 Å². The van der Waals surface area contributed by atoms with E-state index in [2.05, 4.69) is 0 Å². The summed E-state index contributed by atoms with van der Waals surface area (Å²) in [5.74, 6) is -0.387. The van der Waals surface area contributed by atoms with Gasteiger partial charge in [0.2, 0.25) is 12.0 Å². The third-order valence-corrected chi connectivity index (χ3v) is 5.76. The number of benzene rings is 2. The zero-order valence-electron chi connectivity index (χ0n) is 18.6. The fourth-order valence-corrected chi connectivity index (χ4v) is 3.88. The smallest absolute Gasteiger partial charge is 0.228 e. The van der Waals surface area contributed by atoms with Gasteiger partial charge in [-0.2, -0.15) is 0 Å². The summed E-state index contributed by atoms with van der Waals surface area (Å²) in [7, 11) is 2.72. The average Bonchev–Trinajstić information content (AvgIpc) is 2.81. The maximum atomic E-state index is 10.4. The normalized spacial score (nSPS) is 28.4. The molecule has 0 aliphatic carbocycles. The van der Waals surface area contributed by atoms with Crippen molar-refractivity contribution in [3.8, 4) is 34.5 Å². The Bertz CT molecular complexity index is 1070. The van der Waals surface area contributed by atoms with E-state index >= 15 is 0 Å². The molecular formula is C23H26O11. The van der Waals surface area contributed by atoms with Gasteiger partial charge in [-0.05, 0) is 25.1 Å². The second-order valence-corrected chi connectivity index (χ2v) is 7.99. The molecule has 2 heterocycles. The van der Waals surface area contributed by atoms with Gasteiger partial charge < -0.3 is 54.3 Å². The van der Waals surface area contributed by atoms with Gasteiger partial charge in [0.1, 0.15) is 41.3 Å². The van der Waals surface area contributed by atoms with Gasteiger partial charge in [0.15, 0.2) is 17.6 Å². The Morgan fingerprint density at radius 1 is 0.853 bits per heavy atom. The van der Waals surface area contributed by atoms with Crippen LogP contribution in [-0.4, -0.2) is 75.6 Å². The molecule has 2 aromatic rings. The Hall–Kier alpha value is -3.38. The van der Waals surface area contributed by atoms with Crippen LogP contribution in [0.4, 0.5) is 0 Å². The maximum Gasteiger partial charge on any atom is 0.228 e. The molecule has 34 heavy (non-hydrogen) atoms. The number of aliphatic hydroxyl groups excluding tert-OH is 3. The number of rotatable bonds is 5. The molecule has 0 bridgehead atoms. The van der Waals surface area contributed by atoms with E-state index in [-0.39, 0.29) is 45.8 Å². The van der Waals surface area contributed by atoms with E-state index in [1.807, 2.05) is 0 Å². The summed E-state index contributed by atoms with van der Waals surface area (Å²) >= 11 is 0. The molecule has 0 aromatic heterocycles. The zero-order chi connectivity index (χ0) is 24.7. The number of ether oxygens (including phenoxy) is 5. The van der Waals surface area contributed by atoms with Crippen LogP contribution in [0.25, 0.3) is 6.08 Å². The van der Waals surface area contributed by atoms with Crippen molar-refractivity contribution in [2.75, 3.05) is 14.2 Å². The first-order valence-corrected chi connectivity index (χ1v) is 10.4. The fraction of sp³-hybridized carbons (Fsp3) is 0.391. The highest BCUT2D eigenvalue weighted by atomic mass is 16.7. The van der Waals surface area contributed by atoms with E-state index in [9.17, 15) is 30.6 Å². The van der Waals surface area contributed by atoms with Crippen molar-refractivity contribution in [1.29, 1.82) is 0 Å². The number of hydrogen-bond acceptors (Lipinski definition) is 11. The second-order valence-electron chi connectivity index (χ2n) is 7.99. The third kappa shape index (κ3) is 4.14. The summed E-state index contributed by atoms with van der Waals surface area (Å²) in [6.07, 6.45) is -6.27. The lowest BCUT2D eigenvalue weighted by Crippen LogP contribution is -2.57. The predicted octanol–water partition coefficient (Wildman–Crippen LogP) is 1.14. The average molecular weight is 478 g/mol. The predicted molar refractivity (Wildman–Crippen MR) is 116 cm³/mol. The molecule has 11 heteroatoms. The van der Waals surface area contributed by atoms with E-state index in [1.54, 1.807) is 0 Å². The van der Waals surface area contributed by atoms with Crippen LogP contribution in [0.1, 0.15) is 24.2 Å². The second kappa shape index (κ2) is 9.11. The number of fused-ring (bicyclic) bond motifs is 1. The van der Waals surface area contributed by atoms with Crippen LogP contribution in [0.5, 0.6) is 34.5 Å². The summed E-state index contributed by atoms with van der Waals surface area (Å²) in [4.78, 5) is 0. The molecule has 4 rings (SSSR count). The van der Waals surface area contributed by atoms with Gasteiger partial charge in [0.05, 0.1) is 25.9 Å². The first-order valence-electron chi connectivity index (χ1n) is 10.4. The minimum absolute atomic E-state index is 0.0584. The largest absolute Gasteiger partial charge is 0.508 e. The van der Waals surface area contributed by atoms with Crippen LogP contribution >= 0.6 is 0 Å². The Morgan fingerprint density at radius 2 is 1.50 bits per heavy atom. The Kier molecular flexibility index (Phi) is 6.36. The summed E-state index contributed by atoms with van der Waals surface area (Å²) in [5.41, 5.74) is 0.589. The lowest BCUT2D eigenvalue weighted by Gasteiger charge is -2.40. The standard InChI is InChI=1S/C23H26O11/c1-9-18(26)20(28)21(29)23(32-9)34-17-8-12-13(25)6-11(24)7-14(12)33-22(17)10-4-15(30-2)19(27)16(5-10)31-3/h4-9,18,20-29H,1-3H3. The van der Waals surface area contributed by atoms with Crippen molar-refractivity contribution in [2.45, 2.75) is 43.7 Å². The lowest BCUT2D eigenvalue weighted by molar-refractivity contribution is -0.285. The molecule has 0 saturated carbocycles. The van der Waals surface area contributed by atoms with E-state index in [1.165, 1.54) is 45.4 Å². The molecule has 184 valence electrons. The van der Waals surface area contributed by atoms with Crippen LogP contribution < -0.4 is 14.2 Å². The number of hydrogen-bond donors (Lipinski definition) is 6. The monoisotopic (exact) mass is 478 g/mol. The molecular weight excluding hydrogens is 452 g/mol. The molecule has 2 aliphatic rings. The van der Waals surface area contributed by atoms with Crippen molar-refractivity contribution in [3.63, 3.8) is 0 Å². The molecule has 1 fully saturated rings. The Labute approximate surface area is 194 Å². The minimum atomic E-state index is -1.59. The van der Waals surface area contributed by atoms with Gasteiger partial charge >= 0.3 is 0 Å². The summed E-state index contributed by atoms with van der Waals surface area (Å²) in [6.45, 7) is 1.51. The topological polar surface area (TPSA) is 168 Å². The van der Waals surface area contributed by atoms with E-state index in [0.29, 0.717) is 5.56 Å². The zero-order valence-corrected chi connectivity index (χ0v) is 18.6. The number of aliphatic hydroxyl groups is 3. The Morgan fingerprint density at radius 3 is 2.12 bits per heavy atom. The van der Waals surface area contributed by atoms with Gasteiger partial charge in [-0.25, -0.2) is 0 Å². The highest BCUT2D eigenvalue weighted by molar-refractivity contribution is 5.70. The molecule has 2 aromatic carbocycles. The van der Waals surface area contributed by atoms with Crippen molar-refractivity contribution in [2.24, 2.45) is 0 Å². The van der Waals surface area contributed by atoms with E-state index in [4.69, 9.17) is 23.7 Å². The summed E-state index contributed by atoms with van der Waals surface area (Å²) < 4.78 is 27.9. The Balaban J connectivity index is 1.79. The van der Waals surface area contributed by atoms with Crippen LogP contribution in [0, 0.1) is 0 Å². The van der Waals surface area contributed by atoms with E-state index in [0.717, 1.165) is 6.07 Å². The lowest BCUT2D eigenvalue weighted by atomic mass is 9.98. The fourth-order valence-electron chi connectivity index (χ4n) is 3.88. The van der Waals surface area contributed by atoms with Gasteiger partial charge in [-0.1, -0.05) is 0 Å². The first-order chi connectivity index (χ1) is 16.1. The third-order valence-electron chi connectivity index (χ3n) is 5.76.